The van der Waals surface area contributed by atoms with Crippen molar-refractivity contribution < 1.29 is 17.2 Å². The lowest BCUT2D eigenvalue weighted by atomic mass is 10.4. The van der Waals surface area contributed by atoms with Gasteiger partial charge in [0, 0.05) is 10.7 Å². The molecule has 0 spiro atoms. The Morgan fingerprint density at radius 3 is 2.40 bits per heavy atom. The number of rotatable bonds is 2. The third-order valence-electron chi connectivity index (χ3n) is 1.37. The molecule has 1 heterocycles. The molecule has 0 bridgehead atoms. The molecule has 0 aliphatic rings. The second kappa shape index (κ2) is 4.64. The number of nitrogens with zero attached hydrogens (tertiary/aromatic N) is 1. The van der Waals surface area contributed by atoms with Gasteiger partial charge >= 0.3 is 0 Å². The summed E-state index contributed by atoms with van der Waals surface area (Å²) in [6.45, 7) is 0. The van der Waals surface area contributed by atoms with Gasteiger partial charge in [-0.25, -0.2) is 22.2 Å². The van der Waals surface area contributed by atoms with Crippen molar-refractivity contribution in [3.05, 3.63) is 20.4 Å². The predicted molar refractivity (Wildman–Crippen MR) is 60.0 cm³/mol. The summed E-state index contributed by atoms with van der Waals surface area (Å²) in [7, 11) is 0.805. The summed E-state index contributed by atoms with van der Waals surface area (Å²) >= 11 is 7.12. The molecule has 0 radical (unpaired) electrons. The topological polar surface area (TPSA) is 47.0 Å². The Kier molecular flexibility index (Phi) is 4.13. The van der Waals surface area contributed by atoms with Crippen molar-refractivity contribution in [2.45, 2.75) is 11.5 Å². The van der Waals surface area contributed by atoms with Crippen LogP contribution in [0.1, 0.15) is 12.1 Å². The summed E-state index contributed by atoms with van der Waals surface area (Å²) in [4.78, 5) is 3.24. The van der Waals surface area contributed by atoms with Crippen LogP contribution in [-0.4, -0.2) is 13.4 Å². The Morgan fingerprint density at radius 1 is 1.47 bits per heavy atom. The van der Waals surface area contributed by atoms with Crippen LogP contribution in [0.4, 0.5) is 8.78 Å². The van der Waals surface area contributed by atoms with Crippen molar-refractivity contribution in [3.8, 4) is 0 Å². The maximum Gasteiger partial charge on any atom is 0.281 e. The fourth-order valence-electron chi connectivity index (χ4n) is 0.764. The Morgan fingerprint density at radius 2 is 2.00 bits per heavy atom. The van der Waals surface area contributed by atoms with Crippen molar-refractivity contribution in [1.29, 1.82) is 0 Å². The van der Waals surface area contributed by atoms with Crippen LogP contribution in [0.3, 0.4) is 0 Å². The number of alkyl halides is 2. The highest BCUT2D eigenvalue weighted by Gasteiger charge is 2.22. The minimum absolute atomic E-state index is 0.00772. The van der Waals surface area contributed by atoms with Gasteiger partial charge in [0.15, 0.2) is 5.03 Å². The first-order chi connectivity index (χ1) is 6.73. The molecule has 0 saturated heterocycles. The highest BCUT2D eigenvalue weighted by atomic mass is 127. The zero-order chi connectivity index (χ0) is 11.8. The van der Waals surface area contributed by atoms with Crippen LogP contribution in [0.2, 0.25) is 5.02 Å². The van der Waals surface area contributed by atoms with E-state index >= 15 is 0 Å². The highest BCUT2D eigenvalue weighted by molar-refractivity contribution is 14.1. The Balaban J connectivity index is 3.50. The van der Waals surface area contributed by atoms with Gasteiger partial charge in [0.05, 0.1) is 8.59 Å². The molecule has 0 fully saturated rings. The minimum Gasteiger partial charge on any atom is -0.233 e. The largest absolute Gasteiger partial charge is 0.281 e. The monoisotopic (exact) mass is 387 g/mol. The molecule has 1 aromatic heterocycles. The van der Waals surface area contributed by atoms with Crippen LogP contribution < -0.4 is 0 Å². The molecular weight excluding hydrogens is 386 g/mol. The SMILES string of the molecule is O=S(=O)(Cl)c1cc(Cl)c(I)c(C(F)F)n1. The minimum atomic E-state index is -4.16. The van der Waals surface area contributed by atoms with Crippen LogP contribution in [0.15, 0.2) is 11.1 Å². The zero-order valence-electron chi connectivity index (χ0n) is 6.72. The first kappa shape index (κ1) is 13.3. The van der Waals surface area contributed by atoms with Gasteiger partial charge in [-0.05, 0) is 28.7 Å². The molecule has 0 aliphatic heterocycles. The maximum atomic E-state index is 12.4. The smallest absolute Gasteiger partial charge is 0.233 e. The number of hydrogen-bond acceptors (Lipinski definition) is 3. The molecule has 15 heavy (non-hydrogen) atoms. The predicted octanol–water partition coefficient (Wildman–Crippen LogP) is 3.20. The molecule has 0 aliphatic carbocycles. The molecule has 0 saturated carbocycles. The summed E-state index contributed by atoms with van der Waals surface area (Å²) in [5.74, 6) is 0. The molecule has 1 aromatic rings. The van der Waals surface area contributed by atoms with Gasteiger partial charge in [-0.3, -0.25) is 0 Å². The van der Waals surface area contributed by atoms with Gasteiger partial charge in [0.25, 0.3) is 15.5 Å². The summed E-state index contributed by atoms with van der Waals surface area (Å²) in [6.07, 6.45) is -2.91. The molecule has 0 N–H and O–H groups in total. The molecule has 1 rings (SSSR count). The van der Waals surface area contributed by atoms with E-state index < -0.39 is 26.2 Å². The fraction of sp³-hybridized carbons (Fsp3) is 0.167. The van der Waals surface area contributed by atoms with Gasteiger partial charge in [0.1, 0.15) is 5.69 Å². The summed E-state index contributed by atoms with van der Waals surface area (Å²) in [6, 6.07) is 0.928. The van der Waals surface area contributed by atoms with E-state index in [1.54, 1.807) is 22.6 Å². The third-order valence-corrected chi connectivity index (χ3v) is 4.31. The molecular formula is C6H2Cl2F2INO2S. The van der Waals surface area contributed by atoms with E-state index in [0.717, 1.165) is 6.07 Å². The van der Waals surface area contributed by atoms with Crippen LogP contribution in [-0.2, 0) is 9.05 Å². The molecule has 3 nitrogen and oxygen atoms in total. The summed E-state index contributed by atoms with van der Waals surface area (Å²) in [5.41, 5.74) is -0.692. The standard InChI is InChI=1S/C6H2Cl2F2INO2S/c7-2-1-3(15(8,13)14)12-5(4(2)11)6(9)10/h1,6H. The first-order valence-corrected chi connectivity index (χ1v) is 7.09. The fourth-order valence-corrected chi connectivity index (χ4v) is 2.24. The number of halogens is 5. The van der Waals surface area contributed by atoms with E-state index in [0.29, 0.717) is 0 Å². The summed E-state index contributed by atoms with van der Waals surface area (Å²) in [5, 5.41) is -0.801. The van der Waals surface area contributed by atoms with Gasteiger partial charge < -0.3 is 0 Å². The van der Waals surface area contributed by atoms with Crippen molar-refractivity contribution in [2.75, 3.05) is 0 Å². The lowest BCUT2D eigenvalue weighted by molar-refractivity contribution is 0.144. The number of pyridine rings is 1. The van der Waals surface area contributed by atoms with E-state index in [-0.39, 0.29) is 8.59 Å². The van der Waals surface area contributed by atoms with E-state index in [4.69, 9.17) is 22.3 Å². The lowest BCUT2D eigenvalue weighted by Crippen LogP contribution is -2.02. The van der Waals surface area contributed by atoms with Crippen LogP contribution in [0.25, 0.3) is 0 Å². The van der Waals surface area contributed by atoms with Gasteiger partial charge in [-0.15, -0.1) is 0 Å². The average molecular weight is 388 g/mol. The quantitative estimate of drug-likeness (QED) is 0.578. The molecule has 0 amide bonds. The molecule has 9 heteroatoms. The second-order valence-corrected chi connectivity index (χ2v) is 6.38. The Bertz CT molecular complexity index is 494. The summed E-state index contributed by atoms with van der Waals surface area (Å²) < 4.78 is 46.6. The van der Waals surface area contributed by atoms with Gasteiger partial charge in [0.2, 0.25) is 0 Å². The average Bonchev–Trinajstić information content (AvgIpc) is 2.06. The van der Waals surface area contributed by atoms with Crippen molar-refractivity contribution in [1.82, 2.24) is 4.98 Å². The van der Waals surface area contributed by atoms with Crippen molar-refractivity contribution >= 4 is 53.9 Å². The molecule has 0 aromatic carbocycles. The van der Waals surface area contributed by atoms with Crippen LogP contribution in [0, 0.1) is 3.57 Å². The van der Waals surface area contributed by atoms with Crippen LogP contribution >= 0.6 is 44.9 Å². The maximum absolute atomic E-state index is 12.4. The third kappa shape index (κ3) is 3.11. The van der Waals surface area contributed by atoms with Gasteiger partial charge in [-0.1, -0.05) is 11.6 Å². The molecule has 84 valence electrons. The van der Waals surface area contributed by atoms with E-state index in [2.05, 4.69) is 4.98 Å². The zero-order valence-corrected chi connectivity index (χ0v) is 11.2. The molecule has 0 unspecified atom stereocenters. The second-order valence-electron chi connectivity index (χ2n) is 2.38. The normalized spacial score (nSPS) is 12.1. The van der Waals surface area contributed by atoms with Crippen LogP contribution in [0.5, 0.6) is 0 Å². The Hall–Kier alpha value is 0.270. The number of aromatic nitrogens is 1. The van der Waals surface area contributed by atoms with Crippen molar-refractivity contribution in [3.63, 3.8) is 0 Å². The first-order valence-electron chi connectivity index (χ1n) is 3.32. The Labute approximate surface area is 107 Å². The molecule has 0 atom stereocenters. The van der Waals surface area contributed by atoms with E-state index in [1.807, 2.05) is 0 Å². The van der Waals surface area contributed by atoms with Gasteiger partial charge in [-0.2, -0.15) is 0 Å². The van der Waals surface area contributed by atoms with E-state index in [1.165, 1.54) is 0 Å². The van der Waals surface area contributed by atoms with Crippen molar-refractivity contribution in [2.24, 2.45) is 0 Å². The number of hydrogen-bond donors (Lipinski definition) is 0. The lowest BCUT2D eigenvalue weighted by Gasteiger charge is -2.05. The highest BCUT2D eigenvalue weighted by Crippen LogP contribution is 2.30. The van der Waals surface area contributed by atoms with E-state index in [9.17, 15) is 17.2 Å².